The van der Waals surface area contributed by atoms with Gasteiger partial charge in [-0.25, -0.2) is 13.1 Å². The Morgan fingerprint density at radius 3 is 2.36 bits per heavy atom. The summed E-state index contributed by atoms with van der Waals surface area (Å²) in [5.74, 6) is -0.593. The van der Waals surface area contributed by atoms with Crippen molar-refractivity contribution in [2.24, 2.45) is 5.73 Å². The largest absolute Gasteiger partial charge is 0.468 e. The van der Waals surface area contributed by atoms with Crippen molar-refractivity contribution in [3.63, 3.8) is 0 Å². The van der Waals surface area contributed by atoms with E-state index in [1.54, 1.807) is 12.1 Å². The van der Waals surface area contributed by atoms with E-state index in [2.05, 4.69) is 10.0 Å². The van der Waals surface area contributed by atoms with Crippen LogP contribution in [0.3, 0.4) is 0 Å². The van der Waals surface area contributed by atoms with E-state index in [9.17, 15) is 18.0 Å². The Morgan fingerprint density at radius 1 is 0.964 bits per heavy atom. The minimum atomic E-state index is -3.82. The van der Waals surface area contributed by atoms with Gasteiger partial charge in [0, 0.05) is 16.8 Å². The van der Waals surface area contributed by atoms with Gasteiger partial charge in [-0.05, 0) is 54.6 Å². The van der Waals surface area contributed by atoms with E-state index in [1.165, 1.54) is 54.8 Å². The van der Waals surface area contributed by atoms with E-state index in [0.717, 1.165) is 0 Å². The normalized spacial score (nSPS) is 11.1. The van der Waals surface area contributed by atoms with Gasteiger partial charge in [-0.2, -0.15) is 0 Å². The lowest BCUT2D eigenvalue weighted by molar-refractivity contribution is 0.0998. The van der Waals surface area contributed by atoms with Crippen LogP contribution in [0.1, 0.15) is 26.5 Å². The van der Waals surface area contributed by atoms with Crippen molar-refractivity contribution < 1.29 is 22.4 Å². The molecule has 0 unspecified atom stereocenters. The summed E-state index contributed by atoms with van der Waals surface area (Å²) in [6, 6.07) is 15.0. The lowest BCUT2D eigenvalue weighted by Crippen LogP contribution is -2.23. The van der Waals surface area contributed by atoms with Gasteiger partial charge < -0.3 is 15.5 Å². The van der Waals surface area contributed by atoms with Gasteiger partial charge >= 0.3 is 0 Å². The Bertz CT molecular complexity index is 1090. The Balaban J connectivity index is 1.72. The summed E-state index contributed by atoms with van der Waals surface area (Å²) in [7, 11) is -3.82. The molecule has 0 atom stereocenters. The fraction of sp³-hybridized carbons (Fsp3) is 0.0526. The average molecular weight is 399 g/mol. The van der Waals surface area contributed by atoms with Crippen LogP contribution in [-0.2, 0) is 16.6 Å². The van der Waals surface area contributed by atoms with E-state index < -0.39 is 21.8 Å². The molecule has 144 valence electrons. The molecule has 0 aliphatic carbocycles. The fourth-order valence-electron chi connectivity index (χ4n) is 2.39. The van der Waals surface area contributed by atoms with Crippen molar-refractivity contribution in [1.29, 1.82) is 0 Å². The Kier molecular flexibility index (Phi) is 5.57. The number of anilines is 1. The minimum Gasteiger partial charge on any atom is -0.468 e. The van der Waals surface area contributed by atoms with Gasteiger partial charge in [0.1, 0.15) is 5.76 Å². The summed E-state index contributed by atoms with van der Waals surface area (Å²) in [5.41, 5.74) is 6.10. The first-order valence-corrected chi connectivity index (χ1v) is 9.67. The average Bonchev–Trinajstić information content (AvgIpc) is 3.21. The second kappa shape index (κ2) is 8.07. The van der Waals surface area contributed by atoms with Gasteiger partial charge in [-0.3, -0.25) is 9.59 Å². The van der Waals surface area contributed by atoms with Gasteiger partial charge in [-0.1, -0.05) is 6.07 Å². The number of carbonyl (C=O) groups is 2. The zero-order chi connectivity index (χ0) is 20.1. The van der Waals surface area contributed by atoms with Gasteiger partial charge in [0.05, 0.1) is 17.7 Å². The fourth-order valence-corrected chi connectivity index (χ4v) is 3.43. The summed E-state index contributed by atoms with van der Waals surface area (Å²) in [6.07, 6.45) is 1.45. The SMILES string of the molecule is NC(=O)c1ccc(NC(=O)c2cccc(S(=O)(=O)NCc3ccco3)c2)cc1. The zero-order valence-corrected chi connectivity index (χ0v) is 15.4. The number of carbonyl (C=O) groups excluding carboxylic acids is 2. The number of nitrogens with two attached hydrogens (primary N) is 1. The first-order chi connectivity index (χ1) is 13.3. The molecule has 3 aromatic rings. The number of furan rings is 1. The molecule has 28 heavy (non-hydrogen) atoms. The summed E-state index contributed by atoms with van der Waals surface area (Å²) < 4.78 is 32.4. The highest BCUT2D eigenvalue weighted by Crippen LogP contribution is 2.15. The quantitative estimate of drug-likeness (QED) is 0.560. The molecule has 8 nitrogen and oxygen atoms in total. The molecular weight excluding hydrogens is 382 g/mol. The summed E-state index contributed by atoms with van der Waals surface area (Å²) in [4.78, 5) is 23.5. The first-order valence-electron chi connectivity index (χ1n) is 8.18. The van der Waals surface area contributed by atoms with Crippen LogP contribution in [0.2, 0.25) is 0 Å². The standard InChI is InChI=1S/C19H17N3O5S/c20-18(23)13-6-8-15(9-7-13)22-19(24)14-3-1-5-17(11-14)28(25,26)21-12-16-4-2-10-27-16/h1-11,21H,12H2,(H2,20,23)(H,22,24). The highest BCUT2D eigenvalue weighted by atomic mass is 32.2. The number of hydrogen-bond donors (Lipinski definition) is 3. The number of benzene rings is 2. The highest BCUT2D eigenvalue weighted by molar-refractivity contribution is 7.89. The van der Waals surface area contributed by atoms with E-state index in [0.29, 0.717) is 17.0 Å². The number of primary amides is 1. The molecule has 0 spiro atoms. The summed E-state index contributed by atoms with van der Waals surface area (Å²) in [5, 5.41) is 2.64. The number of nitrogens with one attached hydrogen (secondary N) is 2. The van der Waals surface area contributed by atoms with Crippen LogP contribution in [0.4, 0.5) is 5.69 Å². The van der Waals surface area contributed by atoms with Crippen molar-refractivity contribution in [1.82, 2.24) is 4.72 Å². The number of amides is 2. The summed E-state index contributed by atoms with van der Waals surface area (Å²) >= 11 is 0. The number of rotatable bonds is 7. The highest BCUT2D eigenvalue weighted by Gasteiger charge is 2.17. The van der Waals surface area contributed by atoms with Gasteiger partial charge in [0.25, 0.3) is 5.91 Å². The molecular formula is C19H17N3O5S. The topological polar surface area (TPSA) is 132 Å². The molecule has 0 saturated heterocycles. The van der Waals surface area contributed by atoms with Crippen LogP contribution in [0.15, 0.2) is 76.2 Å². The molecule has 1 aromatic heterocycles. The molecule has 0 aliphatic rings. The maximum absolute atomic E-state index is 12.4. The molecule has 0 radical (unpaired) electrons. The minimum absolute atomic E-state index is 0.00201. The van der Waals surface area contributed by atoms with Crippen LogP contribution in [0, 0.1) is 0 Å². The van der Waals surface area contributed by atoms with Gasteiger partial charge in [-0.15, -0.1) is 0 Å². The van der Waals surface area contributed by atoms with Crippen LogP contribution in [0.25, 0.3) is 0 Å². The Morgan fingerprint density at radius 2 is 1.71 bits per heavy atom. The van der Waals surface area contributed by atoms with Crippen molar-refractivity contribution in [3.05, 3.63) is 83.8 Å². The van der Waals surface area contributed by atoms with E-state index >= 15 is 0 Å². The maximum Gasteiger partial charge on any atom is 0.255 e. The predicted molar refractivity (Wildman–Crippen MR) is 102 cm³/mol. The second-order valence-corrected chi connectivity index (χ2v) is 7.59. The molecule has 9 heteroatoms. The van der Waals surface area contributed by atoms with Crippen LogP contribution in [0.5, 0.6) is 0 Å². The van der Waals surface area contributed by atoms with E-state index in [1.807, 2.05) is 0 Å². The molecule has 0 bridgehead atoms. The lowest BCUT2D eigenvalue weighted by atomic mass is 10.2. The maximum atomic E-state index is 12.4. The van der Waals surface area contributed by atoms with Crippen molar-refractivity contribution in [3.8, 4) is 0 Å². The third-order valence-corrected chi connectivity index (χ3v) is 5.25. The van der Waals surface area contributed by atoms with E-state index in [4.69, 9.17) is 10.2 Å². The van der Waals surface area contributed by atoms with Gasteiger partial charge in [0.15, 0.2) is 0 Å². The molecule has 3 rings (SSSR count). The Labute approximate surface area is 161 Å². The molecule has 2 amide bonds. The van der Waals surface area contributed by atoms with Crippen molar-refractivity contribution in [2.45, 2.75) is 11.4 Å². The first kappa shape index (κ1) is 19.3. The predicted octanol–water partition coefficient (Wildman–Crippen LogP) is 2.11. The zero-order valence-electron chi connectivity index (χ0n) is 14.6. The summed E-state index contributed by atoms with van der Waals surface area (Å²) in [6.45, 7) is -0.00201. The number of sulfonamides is 1. The van der Waals surface area contributed by atoms with Crippen LogP contribution in [-0.4, -0.2) is 20.2 Å². The molecule has 4 N–H and O–H groups in total. The van der Waals surface area contributed by atoms with E-state index in [-0.39, 0.29) is 17.0 Å². The molecule has 2 aromatic carbocycles. The number of hydrogen-bond acceptors (Lipinski definition) is 5. The second-order valence-electron chi connectivity index (χ2n) is 5.83. The molecule has 1 heterocycles. The smallest absolute Gasteiger partial charge is 0.255 e. The monoisotopic (exact) mass is 399 g/mol. The molecule has 0 fully saturated rings. The third kappa shape index (κ3) is 4.64. The van der Waals surface area contributed by atoms with Crippen LogP contribution < -0.4 is 15.8 Å². The Hall–Kier alpha value is -3.43. The lowest BCUT2D eigenvalue weighted by Gasteiger charge is -2.09. The molecule has 0 aliphatic heterocycles. The third-order valence-electron chi connectivity index (χ3n) is 3.85. The van der Waals surface area contributed by atoms with Crippen molar-refractivity contribution in [2.75, 3.05) is 5.32 Å². The van der Waals surface area contributed by atoms with Crippen molar-refractivity contribution >= 4 is 27.5 Å². The molecule has 0 saturated carbocycles. The van der Waals surface area contributed by atoms with Gasteiger partial charge in [0.2, 0.25) is 15.9 Å². The van der Waals surface area contributed by atoms with Crippen LogP contribution >= 0.6 is 0 Å².